The Hall–Kier alpha value is -1.13. The summed E-state index contributed by atoms with van der Waals surface area (Å²) in [5.41, 5.74) is -0.293. The lowest BCUT2D eigenvalue weighted by molar-refractivity contribution is -0.120. The molecule has 0 bridgehead atoms. The first-order valence-electron chi connectivity index (χ1n) is 4.51. The molecule has 14 heavy (non-hydrogen) atoms. The Kier molecular flexibility index (Phi) is 3.43. The van der Waals surface area contributed by atoms with E-state index in [9.17, 15) is 4.79 Å². The van der Waals surface area contributed by atoms with Crippen LogP contribution in [0.25, 0.3) is 0 Å². The molecular formula is C10H15NO3. The molecule has 0 aliphatic heterocycles. The normalized spacial score (nSPS) is 15.5. The molecule has 78 valence electrons. The Bertz CT molecular complexity index is 277. The van der Waals surface area contributed by atoms with Gasteiger partial charge in [0, 0.05) is 5.57 Å². The van der Waals surface area contributed by atoms with Crippen molar-refractivity contribution < 1.29 is 15.0 Å². The van der Waals surface area contributed by atoms with Gasteiger partial charge < -0.3 is 15.5 Å². The Morgan fingerprint density at radius 1 is 1.57 bits per heavy atom. The van der Waals surface area contributed by atoms with E-state index in [0.29, 0.717) is 12.0 Å². The van der Waals surface area contributed by atoms with Crippen LogP contribution in [0.1, 0.15) is 13.3 Å². The average molecular weight is 197 g/mol. The quantitative estimate of drug-likeness (QED) is 0.581. The van der Waals surface area contributed by atoms with Gasteiger partial charge in [0.05, 0.1) is 18.8 Å². The van der Waals surface area contributed by atoms with Gasteiger partial charge in [0.15, 0.2) is 0 Å². The molecule has 0 radical (unpaired) electrons. The number of nitrogens with one attached hydrogen (secondary N) is 1. The average Bonchev–Trinajstić information content (AvgIpc) is 2.70. The van der Waals surface area contributed by atoms with Gasteiger partial charge >= 0.3 is 0 Å². The van der Waals surface area contributed by atoms with Crippen molar-refractivity contribution in [1.82, 2.24) is 5.32 Å². The summed E-state index contributed by atoms with van der Waals surface area (Å²) in [6.07, 6.45) is 6.03. The zero-order valence-corrected chi connectivity index (χ0v) is 8.16. The zero-order chi connectivity index (χ0) is 10.6. The number of aliphatic hydroxyl groups excluding tert-OH is 2. The lowest BCUT2D eigenvalue weighted by Gasteiger charge is -2.26. The summed E-state index contributed by atoms with van der Waals surface area (Å²) in [5, 5.41) is 20.5. The van der Waals surface area contributed by atoms with Gasteiger partial charge in [-0.15, -0.1) is 0 Å². The first-order valence-corrected chi connectivity index (χ1v) is 4.51. The molecule has 3 N–H and O–H groups in total. The Morgan fingerprint density at radius 2 is 2.21 bits per heavy atom. The van der Waals surface area contributed by atoms with Crippen molar-refractivity contribution in [3.05, 3.63) is 23.8 Å². The van der Waals surface area contributed by atoms with Crippen LogP contribution in [0.15, 0.2) is 23.8 Å². The molecule has 0 aromatic carbocycles. The molecule has 0 aromatic rings. The summed E-state index contributed by atoms with van der Waals surface area (Å²) in [5.74, 6) is -0.236. The second-order valence-electron chi connectivity index (χ2n) is 3.66. The summed E-state index contributed by atoms with van der Waals surface area (Å²) < 4.78 is 0. The van der Waals surface area contributed by atoms with Crippen molar-refractivity contribution in [2.45, 2.75) is 18.9 Å². The smallest absolute Gasteiger partial charge is 0.248 e. The van der Waals surface area contributed by atoms with Crippen molar-refractivity contribution in [2.75, 3.05) is 13.2 Å². The summed E-state index contributed by atoms with van der Waals surface area (Å²) >= 11 is 0. The van der Waals surface area contributed by atoms with Gasteiger partial charge in [-0.1, -0.05) is 18.2 Å². The third-order valence-electron chi connectivity index (χ3n) is 2.18. The molecule has 1 aliphatic carbocycles. The monoisotopic (exact) mass is 197 g/mol. The second kappa shape index (κ2) is 4.39. The molecule has 1 amide bonds. The lowest BCUT2D eigenvalue weighted by atomic mass is 10.0. The van der Waals surface area contributed by atoms with Crippen LogP contribution in [-0.4, -0.2) is 34.9 Å². The van der Waals surface area contributed by atoms with E-state index in [4.69, 9.17) is 10.2 Å². The summed E-state index contributed by atoms with van der Waals surface area (Å²) in [7, 11) is 0. The molecule has 4 nitrogen and oxygen atoms in total. The van der Waals surface area contributed by atoms with Gasteiger partial charge in [-0.05, 0) is 13.3 Å². The largest absolute Gasteiger partial charge is 0.394 e. The van der Waals surface area contributed by atoms with Gasteiger partial charge in [0.25, 0.3) is 0 Å². The minimum absolute atomic E-state index is 0.236. The number of carbonyl (C=O) groups excluding carboxylic acids is 1. The first-order chi connectivity index (χ1) is 6.61. The Labute approximate surface area is 82.9 Å². The van der Waals surface area contributed by atoms with Crippen LogP contribution in [0, 0.1) is 0 Å². The van der Waals surface area contributed by atoms with Crippen LogP contribution >= 0.6 is 0 Å². The maximum Gasteiger partial charge on any atom is 0.248 e. The second-order valence-corrected chi connectivity index (χ2v) is 3.66. The SMILES string of the molecule is CC(CO)(CO)NC(=O)C1=CC=CC1. The van der Waals surface area contributed by atoms with Crippen molar-refractivity contribution in [3.8, 4) is 0 Å². The van der Waals surface area contributed by atoms with E-state index in [1.54, 1.807) is 13.0 Å². The van der Waals surface area contributed by atoms with E-state index in [-0.39, 0.29) is 19.1 Å². The number of rotatable bonds is 4. The van der Waals surface area contributed by atoms with Crippen molar-refractivity contribution in [2.24, 2.45) is 0 Å². The van der Waals surface area contributed by atoms with Gasteiger partial charge in [-0.2, -0.15) is 0 Å². The molecule has 0 aromatic heterocycles. The van der Waals surface area contributed by atoms with Gasteiger partial charge in [0.1, 0.15) is 0 Å². The maximum absolute atomic E-state index is 11.5. The maximum atomic E-state index is 11.5. The molecule has 0 fully saturated rings. The standard InChI is InChI=1S/C10H15NO3/c1-10(6-12,7-13)11-9(14)8-4-2-3-5-8/h2-4,12-13H,5-7H2,1H3,(H,11,14). The highest BCUT2D eigenvalue weighted by molar-refractivity contribution is 5.95. The molecule has 0 saturated heterocycles. The van der Waals surface area contributed by atoms with E-state index in [0.717, 1.165) is 0 Å². The predicted molar refractivity (Wildman–Crippen MR) is 52.6 cm³/mol. The van der Waals surface area contributed by atoms with Crippen LogP contribution in [-0.2, 0) is 4.79 Å². The van der Waals surface area contributed by atoms with Crippen molar-refractivity contribution in [3.63, 3.8) is 0 Å². The van der Waals surface area contributed by atoms with Crippen LogP contribution < -0.4 is 5.32 Å². The molecule has 0 spiro atoms. The van der Waals surface area contributed by atoms with E-state index in [1.165, 1.54) is 0 Å². The molecule has 0 unspecified atom stereocenters. The predicted octanol–water partition coefficient (Wildman–Crippen LogP) is -0.268. The molecular weight excluding hydrogens is 182 g/mol. The molecule has 0 atom stereocenters. The lowest BCUT2D eigenvalue weighted by Crippen LogP contribution is -2.52. The van der Waals surface area contributed by atoms with Crippen molar-refractivity contribution in [1.29, 1.82) is 0 Å². The minimum Gasteiger partial charge on any atom is -0.394 e. The first kappa shape index (κ1) is 10.9. The number of aliphatic hydroxyl groups is 2. The molecule has 0 heterocycles. The van der Waals surface area contributed by atoms with Gasteiger partial charge in [-0.3, -0.25) is 4.79 Å². The Morgan fingerprint density at radius 3 is 2.64 bits per heavy atom. The van der Waals surface area contributed by atoms with E-state index < -0.39 is 5.54 Å². The number of amides is 1. The van der Waals surface area contributed by atoms with Gasteiger partial charge in [0.2, 0.25) is 5.91 Å². The summed E-state index contributed by atoms with van der Waals surface area (Å²) in [6.45, 7) is 1.03. The zero-order valence-electron chi connectivity index (χ0n) is 8.16. The van der Waals surface area contributed by atoms with Gasteiger partial charge in [-0.25, -0.2) is 0 Å². The fourth-order valence-corrected chi connectivity index (χ4v) is 1.10. The third-order valence-corrected chi connectivity index (χ3v) is 2.18. The van der Waals surface area contributed by atoms with Crippen molar-refractivity contribution >= 4 is 5.91 Å². The van der Waals surface area contributed by atoms with Crippen LogP contribution in [0.2, 0.25) is 0 Å². The van der Waals surface area contributed by atoms with Crippen LogP contribution in [0.3, 0.4) is 0 Å². The highest BCUT2D eigenvalue weighted by atomic mass is 16.3. The highest BCUT2D eigenvalue weighted by Gasteiger charge is 2.25. The number of hydrogen-bond donors (Lipinski definition) is 3. The highest BCUT2D eigenvalue weighted by Crippen LogP contribution is 2.12. The number of carbonyl (C=O) groups is 1. The summed E-state index contributed by atoms with van der Waals surface area (Å²) in [4.78, 5) is 11.5. The fraction of sp³-hybridized carbons (Fsp3) is 0.500. The molecule has 1 aliphatic rings. The molecule has 0 saturated carbocycles. The Balaban J connectivity index is 2.55. The number of allylic oxidation sites excluding steroid dienone is 3. The van der Waals surface area contributed by atoms with Crippen LogP contribution in [0.4, 0.5) is 0 Å². The van der Waals surface area contributed by atoms with E-state index in [1.807, 2.05) is 12.2 Å². The fourth-order valence-electron chi connectivity index (χ4n) is 1.10. The number of hydrogen-bond acceptors (Lipinski definition) is 3. The van der Waals surface area contributed by atoms with Crippen LogP contribution in [0.5, 0.6) is 0 Å². The van der Waals surface area contributed by atoms with E-state index >= 15 is 0 Å². The van der Waals surface area contributed by atoms with E-state index in [2.05, 4.69) is 5.32 Å². The molecule has 4 heteroatoms. The minimum atomic E-state index is -0.944. The summed E-state index contributed by atoms with van der Waals surface area (Å²) in [6, 6.07) is 0. The molecule has 1 rings (SSSR count). The third kappa shape index (κ3) is 2.43. The topological polar surface area (TPSA) is 69.6 Å².